The maximum atomic E-state index is 11.4. The molecule has 5 nitrogen and oxygen atoms in total. The van der Waals surface area contributed by atoms with Crippen molar-refractivity contribution in [3.63, 3.8) is 0 Å². The maximum absolute atomic E-state index is 11.4. The summed E-state index contributed by atoms with van der Waals surface area (Å²) >= 11 is 0. The summed E-state index contributed by atoms with van der Waals surface area (Å²) in [6.45, 7) is 10.8. The van der Waals surface area contributed by atoms with E-state index in [0.29, 0.717) is 0 Å². The second-order valence-corrected chi connectivity index (χ2v) is 5.68. The highest BCUT2D eigenvalue weighted by molar-refractivity contribution is 5.74. The average molecular weight is 218 g/mol. The Kier molecular flexibility index (Phi) is 2.84. The highest BCUT2D eigenvalue weighted by atomic mass is 17.5. The molecule has 0 aromatic heterocycles. The largest absolute Gasteiger partial charge is 0.380 e. The second-order valence-electron chi connectivity index (χ2n) is 5.68. The van der Waals surface area contributed by atoms with Crippen molar-refractivity contribution >= 4 is 5.97 Å². The van der Waals surface area contributed by atoms with E-state index >= 15 is 0 Å². The van der Waals surface area contributed by atoms with E-state index in [2.05, 4.69) is 4.89 Å². The van der Waals surface area contributed by atoms with Crippen LogP contribution in [0.15, 0.2) is 0 Å². The average Bonchev–Trinajstić information content (AvgIpc) is 2.77. The third kappa shape index (κ3) is 2.68. The topological polar surface area (TPSA) is 60.6 Å². The third-order valence-corrected chi connectivity index (χ3v) is 1.99. The van der Waals surface area contributed by atoms with E-state index in [4.69, 9.17) is 14.7 Å². The molecule has 0 bridgehead atoms. The zero-order chi connectivity index (χ0) is 11.9. The van der Waals surface area contributed by atoms with Gasteiger partial charge in [0.25, 0.3) is 0 Å². The van der Waals surface area contributed by atoms with Crippen molar-refractivity contribution in [2.45, 2.75) is 47.5 Å². The first kappa shape index (κ1) is 12.4. The van der Waals surface area contributed by atoms with E-state index in [1.54, 1.807) is 20.8 Å². The molecule has 15 heavy (non-hydrogen) atoms. The summed E-state index contributed by atoms with van der Waals surface area (Å²) in [7, 11) is 0. The predicted molar refractivity (Wildman–Crippen MR) is 51.0 cm³/mol. The Morgan fingerprint density at radius 1 is 1.07 bits per heavy atom. The molecular weight excluding hydrogens is 200 g/mol. The van der Waals surface area contributed by atoms with E-state index in [0.717, 1.165) is 0 Å². The lowest BCUT2D eigenvalue weighted by Gasteiger charge is -2.22. The highest BCUT2D eigenvalue weighted by Gasteiger charge is 2.63. The molecule has 0 N–H and O–H groups in total. The van der Waals surface area contributed by atoms with Gasteiger partial charge in [-0.2, -0.15) is 9.78 Å². The Labute approximate surface area is 89.5 Å². The van der Waals surface area contributed by atoms with Crippen LogP contribution in [0.3, 0.4) is 0 Å². The fourth-order valence-corrected chi connectivity index (χ4v) is 0.658. The van der Waals surface area contributed by atoms with E-state index in [-0.39, 0.29) is 0 Å². The molecular formula is C10H18O5. The van der Waals surface area contributed by atoms with Gasteiger partial charge in [-0.15, -0.1) is 4.89 Å². The minimum Gasteiger partial charge on any atom is -0.292 e. The normalized spacial score (nSPS) is 19.9. The summed E-state index contributed by atoms with van der Waals surface area (Å²) in [6, 6.07) is 0. The Bertz CT molecular complexity index is 254. The minimum atomic E-state index is -1.26. The SMILES string of the molecule is CC(C)(C)C(=O)OOC1(C(C)(C)C)OO1. The van der Waals surface area contributed by atoms with Crippen LogP contribution in [0.4, 0.5) is 0 Å². The first-order valence-corrected chi connectivity index (χ1v) is 4.85. The molecule has 0 saturated carbocycles. The molecule has 1 aliphatic heterocycles. The van der Waals surface area contributed by atoms with Crippen LogP contribution in [0.5, 0.6) is 0 Å². The van der Waals surface area contributed by atoms with E-state index in [1.807, 2.05) is 20.8 Å². The number of carbonyl (C=O) groups excluding carboxylic acids is 1. The Morgan fingerprint density at radius 2 is 1.53 bits per heavy atom. The molecule has 0 aromatic rings. The quantitative estimate of drug-likeness (QED) is 0.404. The van der Waals surface area contributed by atoms with Crippen molar-refractivity contribution in [2.24, 2.45) is 10.8 Å². The van der Waals surface area contributed by atoms with Gasteiger partial charge in [0, 0.05) is 0 Å². The molecule has 5 heteroatoms. The summed E-state index contributed by atoms with van der Waals surface area (Å²) < 4.78 is 0. The molecule has 88 valence electrons. The fourth-order valence-electron chi connectivity index (χ4n) is 0.658. The molecule has 0 aromatic carbocycles. The van der Waals surface area contributed by atoms with Gasteiger partial charge in [0.1, 0.15) is 0 Å². The van der Waals surface area contributed by atoms with Gasteiger partial charge >= 0.3 is 11.9 Å². The van der Waals surface area contributed by atoms with Gasteiger partial charge in [-0.05, 0) is 20.8 Å². The van der Waals surface area contributed by atoms with Gasteiger partial charge < -0.3 is 0 Å². The van der Waals surface area contributed by atoms with E-state index < -0.39 is 22.8 Å². The molecule has 1 heterocycles. The molecule has 1 saturated heterocycles. The molecule has 0 aliphatic carbocycles. The zero-order valence-electron chi connectivity index (χ0n) is 10.0. The summed E-state index contributed by atoms with van der Waals surface area (Å²) in [5.74, 6) is -1.72. The summed E-state index contributed by atoms with van der Waals surface area (Å²) in [4.78, 5) is 30.4. The maximum Gasteiger partial charge on any atom is 0.380 e. The lowest BCUT2D eigenvalue weighted by Crippen LogP contribution is -2.35. The van der Waals surface area contributed by atoms with Crippen molar-refractivity contribution in [3.8, 4) is 0 Å². The van der Waals surface area contributed by atoms with Crippen LogP contribution in [-0.2, 0) is 24.3 Å². The molecule has 0 radical (unpaired) electrons. The molecule has 0 amide bonds. The molecule has 1 fully saturated rings. The van der Waals surface area contributed by atoms with Crippen molar-refractivity contribution < 1.29 is 24.3 Å². The lowest BCUT2D eigenvalue weighted by atomic mass is 9.94. The standard InChI is InChI=1S/C10H18O5/c1-8(2,3)7(11)12-13-10(14-15-10)9(4,5)6/h1-6H3. The predicted octanol–water partition coefficient (Wildman–Crippen LogP) is 2.17. The fraction of sp³-hybridized carbons (Fsp3) is 0.900. The minimum absolute atomic E-state index is 0.425. The van der Waals surface area contributed by atoms with Crippen molar-refractivity contribution in [1.29, 1.82) is 0 Å². The van der Waals surface area contributed by atoms with Crippen molar-refractivity contribution in [3.05, 3.63) is 0 Å². The van der Waals surface area contributed by atoms with Crippen LogP contribution in [-0.4, -0.2) is 11.9 Å². The smallest absolute Gasteiger partial charge is 0.292 e. The van der Waals surface area contributed by atoms with Gasteiger partial charge in [0.05, 0.1) is 10.8 Å². The van der Waals surface area contributed by atoms with Crippen LogP contribution < -0.4 is 0 Å². The van der Waals surface area contributed by atoms with Crippen molar-refractivity contribution in [2.75, 3.05) is 0 Å². The van der Waals surface area contributed by atoms with Crippen LogP contribution in [0.1, 0.15) is 41.5 Å². The molecule has 1 rings (SSSR count). The van der Waals surface area contributed by atoms with Crippen LogP contribution in [0, 0.1) is 10.8 Å². The summed E-state index contributed by atoms with van der Waals surface area (Å²) in [5.41, 5.74) is -1.04. The first-order valence-electron chi connectivity index (χ1n) is 4.85. The van der Waals surface area contributed by atoms with Gasteiger partial charge in [-0.1, -0.05) is 20.8 Å². The van der Waals surface area contributed by atoms with Crippen LogP contribution in [0.2, 0.25) is 0 Å². The van der Waals surface area contributed by atoms with E-state index in [1.165, 1.54) is 0 Å². The second kappa shape index (κ2) is 3.43. The van der Waals surface area contributed by atoms with E-state index in [9.17, 15) is 4.79 Å². The van der Waals surface area contributed by atoms with Gasteiger partial charge in [0.2, 0.25) is 0 Å². The van der Waals surface area contributed by atoms with Gasteiger partial charge in [0.15, 0.2) is 0 Å². The zero-order valence-corrected chi connectivity index (χ0v) is 10.0. The molecule has 0 unspecified atom stereocenters. The number of carbonyl (C=O) groups is 1. The molecule has 0 atom stereocenters. The number of hydrogen-bond donors (Lipinski definition) is 0. The van der Waals surface area contributed by atoms with Crippen LogP contribution in [0.25, 0.3) is 0 Å². The molecule has 1 aliphatic rings. The summed E-state index contributed by atoms with van der Waals surface area (Å²) in [6.07, 6.45) is 0. The third-order valence-electron chi connectivity index (χ3n) is 1.99. The Balaban J connectivity index is 2.49. The Morgan fingerprint density at radius 3 is 1.80 bits per heavy atom. The lowest BCUT2D eigenvalue weighted by molar-refractivity contribution is -0.364. The first-order chi connectivity index (χ1) is 6.58. The number of hydrogen-bond acceptors (Lipinski definition) is 5. The summed E-state index contributed by atoms with van der Waals surface area (Å²) in [5, 5.41) is 0. The highest BCUT2D eigenvalue weighted by Crippen LogP contribution is 2.47. The number of rotatable bonds is 2. The monoisotopic (exact) mass is 218 g/mol. The van der Waals surface area contributed by atoms with Gasteiger partial charge in [-0.25, -0.2) is 4.79 Å². The Hall–Kier alpha value is -0.650. The van der Waals surface area contributed by atoms with Gasteiger partial charge in [-0.3, -0.25) is 4.89 Å². The van der Waals surface area contributed by atoms with Crippen molar-refractivity contribution in [1.82, 2.24) is 0 Å². The van der Waals surface area contributed by atoms with Crippen LogP contribution >= 0.6 is 0 Å². The molecule has 0 spiro atoms.